The summed E-state index contributed by atoms with van der Waals surface area (Å²) in [6.07, 6.45) is 0.451. The van der Waals surface area contributed by atoms with Crippen molar-refractivity contribution in [3.05, 3.63) is 35.9 Å². The average Bonchev–Trinajstić information content (AvgIpc) is 2.19. The number of nitrogens with one attached hydrogen (secondary N) is 1. The van der Waals surface area contributed by atoms with Gasteiger partial charge in [-0.05, 0) is 12.0 Å². The number of rotatable bonds is 3. The van der Waals surface area contributed by atoms with Crippen LogP contribution in [0.1, 0.15) is 5.56 Å². The van der Waals surface area contributed by atoms with Crippen molar-refractivity contribution in [2.45, 2.75) is 6.42 Å². The average molecular weight is 179 g/mol. The van der Waals surface area contributed by atoms with E-state index in [2.05, 4.69) is 10.1 Å². The Kier molecular flexibility index (Phi) is 3.82. The van der Waals surface area contributed by atoms with Gasteiger partial charge in [0.05, 0.1) is 7.11 Å². The number of ether oxygens (including phenoxy) is 1. The van der Waals surface area contributed by atoms with Crippen LogP contribution < -0.4 is 5.32 Å². The first-order chi connectivity index (χ1) is 6.33. The number of benzene rings is 1. The summed E-state index contributed by atoms with van der Waals surface area (Å²) in [5.41, 5.74) is 1.21. The molecule has 0 unspecified atom stereocenters. The third kappa shape index (κ3) is 3.60. The van der Waals surface area contributed by atoms with Gasteiger partial charge in [0.15, 0.2) is 0 Å². The summed E-state index contributed by atoms with van der Waals surface area (Å²) in [5.74, 6) is 0. The summed E-state index contributed by atoms with van der Waals surface area (Å²) in [6, 6.07) is 9.98. The Bertz CT molecular complexity index is 259. The van der Waals surface area contributed by atoms with Gasteiger partial charge in [0.2, 0.25) is 0 Å². The van der Waals surface area contributed by atoms with Gasteiger partial charge in [-0.15, -0.1) is 0 Å². The van der Waals surface area contributed by atoms with Gasteiger partial charge in [0, 0.05) is 6.54 Å². The van der Waals surface area contributed by atoms with Crippen LogP contribution in [-0.4, -0.2) is 19.7 Å². The van der Waals surface area contributed by atoms with Crippen LogP contribution in [0.4, 0.5) is 4.79 Å². The number of amides is 1. The highest BCUT2D eigenvalue weighted by Gasteiger charge is 1.96. The summed E-state index contributed by atoms with van der Waals surface area (Å²) in [5, 5.41) is 2.62. The van der Waals surface area contributed by atoms with E-state index < -0.39 is 0 Å². The number of methoxy groups -OCH3 is 1. The Hall–Kier alpha value is -1.51. The van der Waals surface area contributed by atoms with Crippen LogP contribution in [0.15, 0.2) is 30.3 Å². The van der Waals surface area contributed by atoms with E-state index in [-0.39, 0.29) is 6.09 Å². The van der Waals surface area contributed by atoms with Crippen LogP contribution in [0, 0.1) is 0 Å². The molecule has 0 bridgehead atoms. The zero-order valence-corrected chi connectivity index (χ0v) is 7.62. The molecule has 0 aliphatic carbocycles. The van der Waals surface area contributed by atoms with Crippen LogP contribution >= 0.6 is 0 Å². The number of carbonyl (C=O) groups excluding carboxylic acids is 1. The number of hydrogen-bond donors (Lipinski definition) is 1. The Labute approximate surface area is 77.7 Å². The predicted molar refractivity (Wildman–Crippen MR) is 50.6 cm³/mol. The van der Waals surface area contributed by atoms with Gasteiger partial charge < -0.3 is 10.1 Å². The summed E-state index contributed by atoms with van der Waals surface area (Å²) in [7, 11) is 1.36. The lowest BCUT2D eigenvalue weighted by Crippen LogP contribution is -2.25. The molecule has 0 atom stereocenters. The molecule has 1 amide bonds. The van der Waals surface area contributed by atoms with Gasteiger partial charge in [0.1, 0.15) is 0 Å². The lowest BCUT2D eigenvalue weighted by Gasteiger charge is -2.02. The molecule has 1 aromatic carbocycles. The molecule has 1 aromatic rings. The van der Waals surface area contributed by atoms with Crippen molar-refractivity contribution in [3.63, 3.8) is 0 Å². The van der Waals surface area contributed by atoms with Crippen LogP contribution in [-0.2, 0) is 11.2 Å². The molecule has 0 aliphatic heterocycles. The van der Waals surface area contributed by atoms with Crippen LogP contribution in [0.3, 0.4) is 0 Å². The molecular formula is C10H13NO2. The van der Waals surface area contributed by atoms with Crippen LogP contribution in [0.2, 0.25) is 0 Å². The Morgan fingerprint density at radius 3 is 2.69 bits per heavy atom. The van der Waals surface area contributed by atoms with Crippen molar-refractivity contribution in [3.8, 4) is 0 Å². The first-order valence-electron chi connectivity index (χ1n) is 4.18. The number of alkyl carbamates (subject to hydrolysis) is 1. The standard InChI is InChI=1S/C10H13NO2/c1-13-10(12)11-8-7-9-5-3-2-4-6-9/h2-6H,7-8H2,1H3,(H,11,12). The Morgan fingerprint density at radius 2 is 2.08 bits per heavy atom. The van der Waals surface area contributed by atoms with Gasteiger partial charge in [0.25, 0.3) is 0 Å². The van der Waals surface area contributed by atoms with Crippen LogP contribution in [0.25, 0.3) is 0 Å². The second-order valence-electron chi connectivity index (χ2n) is 2.65. The highest BCUT2D eigenvalue weighted by atomic mass is 16.5. The summed E-state index contributed by atoms with van der Waals surface area (Å²) in [6.45, 7) is 0.608. The minimum absolute atomic E-state index is 0.379. The van der Waals surface area contributed by atoms with Crippen molar-refractivity contribution in [1.82, 2.24) is 5.32 Å². The second kappa shape index (κ2) is 5.19. The van der Waals surface area contributed by atoms with Crippen LogP contribution in [0.5, 0.6) is 0 Å². The molecule has 0 heterocycles. The SMILES string of the molecule is COC(=O)NCCc1ccccc1. The maximum Gasteiger partial charge on any atom is 0.406 e. The fraction of sp³-hybridized carbons (Fsp3) is 0.300. The molecule has 70 valence electrons. The number of hydrogen-bond acceptors (Lipinski definition) is 2. The maximum atomic E-state index is 10.7. The molecule has 0 fully saturated rings. The van der Waals surface area contributed by atoms with Crippen molar-refractivity contribution in [1.29, 1.82) is 0 Å². The molecule has 0 aliphatic rings. The maximum absolute atomic E-state index is 10.7. The molecule has 3 nitrogen and oxygen atoms in total. The molecule has 0 saturated heterocycles. The van der Waals surface area contributed by atoms with Gasteiger partial charge in [-0.25, -0.2) is 4.79 Å². The van der Waals surface area contributed by atoms with E-state index in [1.54, 1.807) is 0 Å². The van der Waals surface area contributed by atoms with Gasteiger partial charge in [-0.2, -0.15) is 0 Å². The van der Waals surface area contributed by atoms with E-state index >= 15 is 0 Å². The van der Waals surface area contributed by atoms with Crippen molar-refractivity contribution in [2.75, 3.05) is 13.7 Å². The normalized spacial score (nSPS) is 9.31. The molecule has 0 radical (unpaired) electrons. The first-order valence-corrected chi connectivity index (χ1v) is 4.18. The number of carbonyl (C=O) groups is 1. The van der Waals surface area contributed by atoms with E-state index in [9.17, 15) is 4.79 Å². The molecule has 3 heteroatoms. The van der Waals surface area contributed by atoms with Gasteiger partial charge in [-0.3, -0.25) is 0 Å². The van der Waals surface area contributed by atoms with E-state index in [1.165, 1.54) is 12.7 Å². The summed E-state index contributed by atoms with van der Waals surface area (Å²) in [4.78, 5) is 10.7. The topological polar surface area (TPSA) is 38.3 Å². The smallest absolute Gasteiger partial charge is 0.406 e. The monoisotopic (exact) mass is 179 g/mol. The molecule has 1 rings (SSSR count). The summed E-state index contributed by atoms with van der Waals surface area (Å²) < 4.78 is 4.44. The molecule has 0 saturated carbocycles. The molecule has 13 heavy (non-hydrogen) atoms. The Morgan fingerprint density at radius 1 is 1.38 bits per heavy atom. The van der Waals surface area contributed by atoms with Gasteiger partial charge >= 0.3 is 6.09 Å². The largest absolute Gasteiger partial charge is 0.453 e. The fourth-order valence-electron chi connectivity index (χ4n) is 1.03. The van der Waals surface area contributed by atoms with Crippen molar-refractivity contribution >= 4 is 6.09 Å². The quantitative estimate of drug-likeness (QED) is 0.765. The second-order valence-corrected chi connectivity index (χ2v) is 2.65. The molecule has 1 N–H and O–H groups in total. The van der Waals surface area contributed by atoms with E-state index in [0.717, 1.165) is 6.42 Å². The predicted octanol–water partition coefficient (Wildman–Crippen LogP) is 1.59. The van der Waals surface area contributed by atoms with Crippen molar-refractivity contribution in [2.24, 2.45) is 0 Å². The summed E-state index contributed by atoms with van der Waals surface area (Å²) >= 11 is 0. The highest BCUT2D eigenvalue weighted by molar-refractivity contribution is 5.66. The minimum Gasteiger partial charge on any atom is -0.453 e. The minimum atomic E-state index is -0.379. The molecule has 0 aromatic heterocycles. The van der Waals surface area contributed by atoms with Gasteiger partial charge in [-0.1, -0.05) is 30.3 Å². The van der Waals surface area contributed by atoms with Crippen molar-refractivity contribution < 1.29 is 9.53 Å². The lowest BCUT2D eigenvalue weighted by atomic mass is 10.1. The third-order valence-electron chi connectivity index (χ3n) is 1.71. The fourth-order valence-corrected chi connectivity index (χ4v) is 1.03. The lowest BCUT2D eigenvalue weighted by molar-refractivity contribution is 0.171. The Balaban J connectivity index is 2.24. The molecule has 0 spiro atoms. The highest BCUT2D eigenvalue weighted by Crippen LogP contribution is 1.97. The molecular weight excluding hydrogens is 166 g/mol. The zero-order valence-electron chi connectivity index (χ0n) is 7.62. The first kappa shape index (κ1) is 9.58. The van der Waals surface area contributed by atoms with E-state index in [4.69, 9.17) is 0 Å². The van der Waals surface area contributed by atoms with E-state index in [0.29, 0.717) is 6.54 Å². The third-order valence-corrected chi connectivity index (χ3v) is 1.71. The van der Waals surface area contributed by atoms with E-state index in [1.807, 2.05) is 30.3 Å². The zero-order chi connectivity index (χ0) is 9.52.